The summed E-state index contributed by atoms with van der Waals surface area (Å²) in [6, 6.07) is 13.6. The van der Waals surface area contributed by atoms with E-state index in [1.54, 1.807) is 42.3 Å². The maximum Gasteiger partial charge on any atom is 0.339 e. The number of carbonyl (C=O) groups excluding carboxylic acids is 2. The molecule has 0 radical (unpaired) electrons. The molecule has 8 heteroatoms. The fourth-order valence-corrected chi connectivity index (χ4v) is 3.73. The number of fused-ring (bicyclic) bond motifs is 1. The highest BCUT2D eigenvalue weighted by Crippen LogP contribution is 2.23. The largest absolute Gasteiger partial charge is 0.350 e. The van der Waals surface area contributed by atoms with Crippen LogP contribution in [-0.4, -0.2) is 44.7 Å². The van der Waals surface area contributed by atoms with E-state index < -0.39 is 12.1 Å². The molecule has 0 bridgehead atoms. The van der Waals surface area contributed by atoms with Gasteiger partial charge in [0.05, 0.1) is 12.2 Å². The quantitative estimate of drug-likeness (QED) is 0.355. The molecule has 0 saturated heterocycles. The first kappa shape index (κ1) is 23.0. The topological polar surface area (TPSA) is 99.8 Å². The summed E-state index contributed by atoms with van der Waals surface area (Å²) in [5, 5.41) is 9.89. The second-order valence-corrected chi connectivity index (χ2v) is 8.02. The maximum absolute atomic E-state index is 13.1. The lowest BCUT2D eigenvalue weighted by Crippen LogP contribution is -2.38. The van der Waals surface area contributed by atoms with Crippen LogP contribution in [0.2, 0.25) is 0 Å². The molecule has 3 aromatic rings. The van der Waals surface area contributed by atoms with Crippen molar-refractivity contribution in [3.8, 4) is 23.0 Å². The number of carbonyl (C=O) groups is 2. The van der Waals surface area contributed by atoms with Gasteiger partial charge < -0.3 is 10.6 Å². The van der Waals surface area contributed by atoms with Crippen molar-refractivity contribution in [2.45, 2.75) is 25.9 Å². The minimum absolute atomic E-state index is 0.0752. The fraction of sp³-hybridized carbons (Fsp3) is 0.192. The maximum atomic E-state index is 13.1. The van der Waals surface area contributed by atoms with Crippen LogP contribution < -0.4 is 5.73 Å². The Balaban J connectivity index is 1.44. The van der Waals surface area contributed by atoms with E-state index in [1.165, 1.54) is 12.1 Å². The molecule has 1 aromatic heterocycles. The van der Waals surface area contributed by atoms with Gasteiger partial charge in [-0.3, -0.25) is 15.0 Å². The predicted molar refractivity (Wildman–Crippen MR) is 124 cm³/mol. The van der Waals surface area contributed by atoms with Crippen LogP contribution in [0.4, 0.5) is 9.18 Å². The normalized spacial score (nSPS) is 13.5. The molecule has 3 amide bonds. The van der Waals surface area contributed by atoms with Gasteiger partial charge in [0, 0.05) is 29.4 Å². The number of benzene rings is 2. The molecule has 1 aliphatic rings. The van der Waals surface area contributed by atoms with Crippen molar-refractivity contribution < 1.29 is 19.2 Å². The Morgan fingerprint density at radius 2 is 1.94 bits per heavy atom. The Hall–Kier alpha value is -4.22. The minimum atomic E-state index is -0.975. The van der Waals surface area contributed by atoms with Crippen molar-refractivity contribution in [3.05, 3.63) is 89.0 Å². The van der Waals surface area contributed by atoms with E-state index >= 15 is 0 Å². The van der Waals surface area contributed by atoms with E-state index in [0.29, 0.717) is 35.7 Å². The molecule has 7 nitrogen and oxygen atoms in total. The second kappa shape index (κ2) is 9.73. The first-order valence-corrected chi connectivity index (χ1v) is 10.7. The van der Waals surface area contributed by atoms with Gasteiger partial charge in [0.15, 0.2) is 0 Å². The molecule has 4 rings (SSSR count). The first-order valence-electron chi connectivity index (χ1n) is 10.7. The second-order valence-electron chi connectivity index (χ2n) is 8.02. The third kappa shape index (κ3) is 5.05. The zero-order valence-corrected chi connectivity index (χ0v) is 18.5. The van der Waals surface area contributed by atoms with Crippen LogP contribution in [0.3, 0.4) is 0 Å². The van der Waals surface area contributed by atoms with Crippen molar-refractivity contribution in [2.75, 3.05) is 6.54 Å². The van der Waals surface area contributed by atoms with Crippen LogP contribution in [0, 0.1) is 17.7 Å². The van der Waals surface area contributed by atoms with Crippen LogP contribution in [0.5, 0.6) is 0 Å². The van der Waals surface area contributed by atoms with Gasteiger partial charge in [0.25, 0.3) is 5.91 Å². The molecule has 172 valence electrons. The third-order valence-electron chi connectivity index (χ3n) is 5.65. The van der Waals surface area contributed by atoms with Gasteiger partial charge in [0.2, 0.25) is 0 Å². The van der Waals surface area contributed by atoms with Crippen molar-refractivity contribution >= 4 is 11.9 Å². The Morgan fingerprint density at radius 3 is 2.62 bits per heavy atom. The first-order chi connectivity index (χ1) is 16.3. The molecule has 0 fully saturated rings. The standard InChI is InChI=1S/C26H23FN4O3/c1-17(31(34)26(28)33)2-3-18-4-11-24-20(14-18)12-13-30(25(24)32)16-23-10-7-21(15-29-23)19-5-8-22(27)9-6-19/h4-11,14-15,17,34H,12-13,16H2,1H3,(H2,28,33). The number of hydrogen-bond acceptors (Lipinski definition) is 4. The Labute approximate surface area is 196 Å². The summed E-state index contributed by atoms with van der Waals surface area (Å²) in [6.07, 6.45) is 2.40. The van der Waals surface area contributed by atoms with Gasteiger partial charge in [-0.15, -0.1) is 0 Å². The number of hydroxylamine groups is 2. The highest BCUT2D eigenvalue weighted by Gasteiger charge is 2.24. The van der Waals surface area contributed by atoms with Gasteiger partial charge in [0.1, 0.15) is 11.9 Å². The molecule has 2 heterocycles. The number of nitrogens with two attached hydrogens (primary N) is 1. The van der Waals surface area contributed by atoms with Crippen molar-refractivity contribution in [2.24, 2.45) is 5.73 Å². The van der Waals surface area contributed by atoms with E-state index in [0.717, 1.165) is 22.4 Å². The molecule has 1 unspecified atom stereocenters. The number of primary amides is 1. The summed E-state index contributed by atoms with van der Waals surface area (Å²) in [5.74, 6) is 5.30. The summed E-state index contributed by atoms with van der Waals surface area (Å²) in [4.78, 5) is 30.3. The van der Waals surface area contributed by atoms with Gasteiger partial charge in [-0.05, 0) is 60.9 Å². The SMILES string of the molecule is CC(C#Cc1ccc2c(c1)CCN(Cc1ccc(-c3ccc(F)cc3)cn1)C2=O)N(O)C(N)=O. The third-order valence-corrected chi connectivity index (χ3v) is 5.65. The van der Waals surface area contributed by atoms with Crippen molar-refractivity contribution in [1.29, 1.82) is 0 Å². The molecular formula is C26H23FN4O3. The van der Waals surface area contributed by atoms with Crippen molar-refractivity contribution in [1.82, 2.24) is 14.9 Å². The number of halogens is 1. The number of hydrogen-bond donors (Lipinski definition) is 2. The number of amides is 3. The van der Waals surface area contributed by atoms with E-state index in [2.05, 4.69) is 16.8 Å². The fourth-order valence-electron chi connectivity index (χ4n) is 3.73. The summed E-state index contributed by atoms with van der Waals surface area (Å²) in [7, 11) is 0. The van der Waals surface area contributed by atoms with Crippen LogP contribution in [0.1, 0.15) is 34.1 Å². The minimum Gasteiger partial charge on any atom is -0.350 e. The molecule has 2 aromatic carbocycles. The molecule has 34 heavy (non-hydrogen) atoms. The summed E-state index contributed by atoms with van der Waals surface area (Å²) >= 11 is 0. The van der Waals surface area contributed by atoms with Gasteiger partial charge in [-0.25, -0.2) is 9.18 Å². The highest BCUT2D eigenvalue weighted by atomic mass is 19.1. The molecular weight excluding hydrogens is 435 g/mol. The summed E-state index contributed by atoms with van der Waals surface area (Å²) in [6.45, 7) is 2.49. The summed E-state index contributed by atoms with van der Waals surface area (Å²) in [5.41, 5.74) is 9.75. The zero-order valence-electron chi connectivity index (χ0n) is 18.5. The molecule has 0 saturated carbocycles. The smallest absolute Gasteiger partial charge is 0.339 e. The highest BCUT2D eigenvalue weighted by molar-refractivity contribution is 5.96. The number of pyridine rings is 1. The lowest BCUT2D eigenvalue weighted by atomic mass is 9.96. The van der Waals surface area contributed by atoms with Crippen LogP contribution in [0.25, 0.3) is 11.1 Å². The predicted octanol–water partition coefficient (Wildman–Crippen LogP) is 3.60. The van der Waals surface area contributed by atoms with Gasteiger partial charge in [-0.2, -0.15) is 5.06 Å². The van der Waals surface area contributed by atoms with E-state index in [4.69, 9.17) is 5.73 Å². The van der Waals surface area contributed by atoms with Crippen LogP contribution in [0.15, 0.2) is 60.8 Å². The number of rotatable bonds is 4. The molecule has 1 atom stereocenters. The average molecular weight is 458 g/mol. The lowest BCUT2D eigenvalue weighted by Gasteiger charge is -2.28. The van der Waals surface area contributed by atoms with Gasteiger partial charge in [-0.1, -0.05) is 30.0 Å². The monoisotopic (exact) mass is 458 g/mol. The van der Waals surface area contributed by atoms with E-state index in [-0.39, 0.29) is 11.7 Å². The Bertz CT molecular complexity index is 1280. The Kier molecular flexibility index (Phi) is 6.57. The molecule has 0 aliphatic carbocycles. The van der Waals surface area contributed by atoms with E-state index in [9.17, 15) is 19.2 Å². The van der Waals surface area contributed by atoms with Crippen LogP contribution >= 0.6 is 0 Å². The Morgan fingerprint density at radius 1 is 1.21 bits per heavy atom. The number of urea groups is 1. The van der Waals surface area contributed by atoms with E-state index in [1.807, 2.05) is 18.2 Å². The number of aromatic nitrogens is 1. The molecule has 3 N–H and O–H groups in total. The average Bonchev–Trinajstić information content (AvgIpc) is 2.84. The molecule has 1 aliphatic heterocycles. The van der Waals surface area contributed by atoms with Gasteiger partial charge >= 0.3 is 6.03 Å². The number of nitrogens with zero attached hydrogens (tertiary/aromatic N) is 3. The lowest BCUT2D eigenvalue weighted by molar-refractivity contribution is -0.0536. The van der Waals surface area contributed by atoms with Crippen molar-refractivity contribution in [3.63, 3.8) is 0 Å². The summed E-state index contributed by atoms with van der Waals surface area (Å²) < 4.78 is 13.1. The molecule has 0 spiro atoms. The van der Waals surface area contributed by atoms with Crippen LogP contribution in [-0.2, 0) is 13.0 Å². The zero-order chi connectivity index (χ0) is 24.2.